The van der Waals surface area contributed by atoms with Crippen molar-refractivity contribution >= 4 is 23.8 Å². The lowest BCUT2D eigenvalue weighted by atomic mass is 9.86. The number of benzene rings is 2. The number of carbonyl (C=O) groups excluding carboxylic acids is 4. The van der Waals surface area contributed by atoms with E-state index in [4.69, 9.17) is 0 Å². The molecule has 1 aliphatic heterocycles. The number of hydrogen-bond donors (Lipinski definition) is 3. The van der Waals surface area contributed by atoms with Gasteiger partial charge in [-0.2, -0.15) is 0 Å². The van der Waals surface area contributed by atoms with Crippen molar-refractivity contribution in [1.82, 2.24) is 16.0 Å². The first-order valence-corrected chi connectivity index (χ1v) is 7.14. The fraction of sp³-hybridized carbons (Fsp3) is 0.0588. The van der Waals surface area contributed by atoms with E-state index in [-0.39, 0.29) is 11.1 Å². The van der Waals surface area contributed by atoms with Gasteiger partial charge in [-0.05, 0) is 17.7 Å². The van der Waals surface area contributed by atoms with E-state index in [9.17, 15) is 19.2 Å². The molecule has 1 aliphatic rings. The van der Waals surface area contributed by atoms with Gasteiger partial charge in [0.25, 0.3) is 17.7 Å². The number of imide groups is 2. The molecule has 7 heteroatoms. The molecule has 0 unspecified atom stereocenters. The van der Waals surface area contributed by atoms with Crippen LogP contribution < -0.4 is 16.0 Å². The Balaban J connectivity index is 2.06. The third-order valence-corrected chi connectivity index (χ3v) is 3.68. The third-order valence-electron chi connectivity index (χ3n) is 3.68. The van der Waals surface area contributed by atoms with E-state index in [2.05, 4.69) is 5.32 Å². The molecular weight excluding hydrogens is 310 g/mol. The van der Waals surface area contributed by atoms with Gasteiger partial charge in [0.1, 0.15) is 0 Å². The number of urea groups is 1. The molecule has 1 heterocycles. The Morgan fingerprint density at radius 3 is 1.83 bits per heavy atom. The standard InChI is InChI=1S/C17H13N3O4/c21-13(11-7-3-1-4-8-11)20-17(12-9-5-2-6-10-12)14(22)18-16(24)19-15(17)23/h1-10H,(H,20,21)(H2,18,19,22,23,24). The van der Waals surface area contributed by atoms with E-state index < -0.39 is 29.3 Å². The Labute approximate surface area is 137 Å². The molecule has 7 nitrogen and oxygen atoms in total. The maximum absolute atomic E-state index is 12.5. The molecule has 3 N–H and O–H groups in total. The van der Waals surface area contributed by atoms with Crippen LogP contribution in [-0.4, -0.2) is 23.8 Å². The lowest BCUT2D eigenvalue weighted by molar-refractivity contribution is -0.139. The van der Waals surface area contributed by atoms with Crippen molar-refractivity contribution in [3.8, 4) is 0 Å². The van der Waals surface area contributed by atoms with E-state index in [1.54, 1.807) is 48.5 Å². The lowest BCUT2D eigenvalue weighted by Crippen LogP contribution is -2.71. The van der Waals surface area contributed by atoms with Gasteiger partial charge in [0.2, 0.25) is 5.54 Å². The molecule has 0 aromatic heterocycles. The summed E-state index contributed by atoms with van der Waals surface area (Å²) in [4.78, 5) is 48.9. The van der Waals surface area contributed by atoms with Crippen LogP contribution in [0.2, 0.25) is 0 Å². The van der Waals surface area contributed by atoms with E-state index in [0.29, 0.717) is 0 Å². The van der Waals surface area contributed by atoms with E-state index in [1.165, 1.54) is 12.1 Å². The quantitative estimate of drug-likeness (QED) is 0.722. The molecule has 0 saturated carbocycles. The van der Waals surface area contributed by atoms with Crippen molar-refractivity contribution in [2.45, 2.75) is 5.54 Å². The highest BCUT2D eigenvalue weighted by Gasteiger charge is 2.53. The zero-order chi connectivity index (χ0) is 17.2. The summed E-state index contributed by atoms with van der Waals surface area (Å²) in [6.45, 7) is 0. The maximum atomic E-state index is 12.5. The minimum Gasteiger partial charge on any atom is -0.326 e. The Kier molecular flexibility index (Phi) is 3.83. The molecule has 0 aliphatic carbocycles. The van der Waals surface area contributed by atoms with Crippen LogP contribution in [0, 0.1) is 0 Å². The fourth-order valence-corrected chi connectivity index (χ4v) is 2.50. The summed E-state index contributed by atoms with van der Waals surface area (Å²) in [5.41, 5.74) is -1.50. The first-order valence-electron chi connectivity index (χ1n) is 7.14. The first-order chi connectivity index (χ1) is 11.5. The second-order valence-electron chi connectivity index (χ2n) is 5.17. The summed E-state index contributed by atoms with van der Waals surface area (Å²) < 4.78 is 0. The Morgan fingerprint density at radius 2 is 1.29 bits per heavy atom. The van der Waals surface area contributed by atoms with Gasteiger partial charge in [0.05, 0.1) is 0 Å². The van der Waals surface area contributed by atoms with Crippen LogP contribution in [0.4, 0.5) is 4.79 Å². The molecule has 2 aromatic carbocycles. The Bertz CT molecular complexity index is 798. The molecule has 2 aromatic rings. The van der Waals surface area contributed by atoms with Crippen LogP contribution in [0.25, 0.3) is 0 Å². The van der Waals surface area contributed by atoms with Crippen molar-refractivity contribution in [3.63, 3.8) is 0 Å². The van der Waals surface area contributed by atoms with Crippen molar-refractivity contribution in [2.24, 2.45) is 0 Å². The van der Waals surface area contributed by atoms with Gasteiger partial charge in [-0.25, -0.2) is 4.79 Å². The summed E-state index contributed by atoms with van der Waals surface area (Å²) >= 11 is 0. The lowest BCUT2D eigenvalue weighted by Gasteiger charge is -2.34. The van der Waals surface area contributed by atoms with Gasteiger partial charge in [-0.1, -0.05) is 48.5 Å². The largest absolute Gasteiger partial charge is 0.328 e. The minimum absolute atomic E-state index is 0.247. The molecule has 24 heavy (non-hydrogen) atoms. The van der Waals surface area contributed by atoms with Gasteiger partial charge in [0.15, 0.2) is 0 Å². The van der Waals surface area contributed by atoms with Crippen LogP contribution >= 0.6 is 0 Å². The van der Waals surface area contributed by atoms with E-state index in [0.717, 1.165) is 0 Å². The topological polar surface area (TPSA) is 104 Å². The summed E-state index contributed by atoms with van der Waals surface area (Å²) in [6, 6.07) is 15.3. The number of barbiturate groups is 1. The van der Waals surface area contributed by atoms with Gasteiger partial charge >= 0.3 is 6.03 Å². The molecule has 5 amide bonds. The number of carbonyl (C=O) groups is 4. The van der Waals surface area contributed by atoms with Gasteiger partial charge in [-0.3, -0.25) is 25.0 Å². The van der Waals surface area contributed by atoms with Crippen LogP contribution in [0.5, 0.6) is 0 Å². The van der Waals surface area contributed by atoms with Gasteiger partial charge in [-0.15, -0.1) is 0 Å². The summed E-state index contributed by atoms with van der Waals surface area (Å²) in [5.74, 6) is -2.43. The highest BCUT2D eigenvalue weighted by Crippen LogP contribution is 2.25. The molecule has 0 bridgehead atoms. The summed E-state index contributed by atoms with van der Waals surface area (Å²) in [6.07, 6.45) is 0. The van der Waals surface area contributed by atoms with Gasteiger partial charge in [0, 0.05) is 5.56 Å². The SMILES string of the molecule is O=C1NC(=O)C(NC(=O)c2ccccc2)(c2ccccc2)C(=O)N1. The van der Waals surface area contributed by atoms with Gasteiger partial charge < -0.3 is 5.32 Å². The molecule has 0 spiro atoms. The van der Waals surface area contributed by atoms with Crippen LogP contribution in [0.3, 0.4) is 0 Å². The van der Waals surface area contributed by atoms with E-state index >= 15 is 0 Å². The Morgan fingerprint density at radius 1 is 0.792 bits per heavy atom. The molecule has 1 fully saturated rings. The third kappa shape index (κ3) is 2.52. The van der Waals surface area contributed by atoms with E-state index in [1.807, 2.05) is 10.6 Å². The summed E-state index contributed by atoms with van der Waals surface area (Å²) in [7, 11) is 0. The molecule has 0 atom stereocenters. The number of nitrogens with one attached hydrogen (secondary N) is 3. The highest BCUT2D eigenvalue weighted by molar-refractivity contribution is 6.24. The minimum atomic E-state index is -2.03. The molecule has 120 valence electrons. The molecular formula is C17H13N3O4. The molecule has 1 saturated heterocycles. The van der Waals surface area contributed by atoms with Crippen LogP contribution in [-0.2, 0) is 15.1 Å². The second-order valence-corrected chi connectivity index (χ2v) is 5.17. The van der Waals surface area contributed by atoms with Crippen molar-refractivity contribution < 1.29 is 19.2 Å². The zero-order valence-corrected chi connectivity index (χ0v) is 12.4. The van der Waals surface area contributed by atoms with Crippen molar-refractivity contribution in [1.29, 1.82) is 0 Å². The average Bonchev–Trinajstić information content (AvgIpc) is 2.59. The average molecular weight is 323 g/mol. The number of rotatable bonds is 3. The second kappa shape index (κ2) is 5.96. The maximum Gasteiger partial charge on any atom is 0.328 e. The summed E-state index contributed by atoms with van der Waals surface area (Å²) in [5, 5.41) is 6.53. The monoisotopic (exact) mass is 323 g/mol. The van der Waals surface area contributed by atoms with Crippen molar-refractivity contribution in [3.05, 3.63) is 71.8 Å². The number of amides is 5. The van der Waals surface area contributed by atoms with Crippen LogP contribution in [0.1, 0.15) is 15.9 Å². The van der Waals surface area contributed by atoms with Crippen LogP contribution in [0.15, 0.2) is 60.7 Å². The molecule has 3 rings (SSSR count). The zero-order valence-electron chi connectivity index (χ0n) is 12.4. The highest BCUT2D eigenvalue weighted by atomic mass is 16.2. The molecule has 0 radical (unpaired) electrons. The first kappa shape index (κ1) is 15.4. The number of hydrogen-bond acceptors (Lipinski definition) is 4. The smallest absolute Gasteiger partial charge is 0.326 e. The predicted octanol–water partition coefficient (Wildman–Crippen LogP) is 0.678. The Hall–Kier alpha value is -3.48. The van der Waals surface area contributed by atoms with Crippen molar-refractivity contribution in [2.75, 3.05) is 0 Å². The normalized spacial score (nSPS) is 16.1. The fourth-order valence-electron chi connectivity index (χ4n) is 2.50. The predicted molar refractivity (Wildman–Crippen MR) is 83.7 cm³/mol.